The van der Waals surface area contributed by atoms with Gasteiger partial charge in [-0.2, -0.15) is 0 Å². The van der Waals surface area contributed by atoms with Gasteiger partial charge < -0.3 is 14.9 Å². The first-order chi connectivity index (χ1) is 8.09. The van der Waals surface area contributed by atoms with Crippen LogP contribution in [0.25, 0.3) is 0 Å². The number of ether oxygens (including phenoxy) is 1. The Labute approximate surface area is 97.8 Å². The first-order valence-corrected chi connectivity index (χ1v) is 6.21. The molecule has 1 aliphatic heterocycles. The number of rotatable bonds is 0. The van der Waals surface area contributed by atoms with Crippen LogP contribution in [0.4, 0.5) is 0 Å². The molecule has 1 heterocycles. The molecule has 1 saturated heterocycles. The summed E-state index contributed by atoms with van der Waals surface area (Å²) in [6.45, 7) is 0. The second-order valence-corrected chi connectivity index (χ2v) is 5.89. The molecular formula is C12H14O5. The summed E-state index contributed by atoms with van der Waals surface area (Å²) in [6.07, 6.45) is -0.0489. The lowest BCUT2D eigenvalue weighted by molar-refractivity contribution is -0.155. The van der Waals surface area contributed by atoms with Crippen LogP contribution in [0, 0.1) is 35.5 Å². The number of carbonyl (C=O) groups is 2. The molecule has 92 valence electrons. The second-order valence-electron chi connectivity index (χ2n) is 5.89. The number of esters is 2. The van der Waals surface area contributed by atoms with E-state index >= 15 is 0 Å². The van der Waals surface area contributed by atoms with Gasteiger partial charge in [-0.3, -0.25) is 9.59 Å². The predicted molar refractivity (Wildman–Crippen MR) is 53.3 cm³/mol. The van der Waals surface area contributed by atoms with Gasteiger partial charge >= 0.3 is 11.9 Å². The minimum Gasteiger partial charge on any atom is -0.393 e. The lowest BCUT2D eigenvalue weighted by Gasteiger charge is -2.31. The molecule has 0 aromatic rings. The zero-order valence-electron chi connectivity index (χ0n) is 9.15. The highest BCUT2D eigenvalue weighted by molar-refractivity contribution is 5.97. The van der Waals surface area contributed by atoms with E-state index in [4.69, 9.17) is 4.74 Å². The van der Waals surface area contributed by atoms with Gasteiger partial charge in [-0.1, -0.05) is 0 Å². The van der Waals surface area contributed by atoms with Gasteiger partial charge in [0, 0.05) is 0 Å². The molecule has 5 heteroatoms. The van der Waals surface area contributed by atoms with Crippen LogP contribution >= 0.6 is 0 Å². The lowest BCUT2D eigenvalue weighted by atomic mass is 9.70. The van der Waals surface area contributed by atoms with Crippen LogP contribution in [0.2, 0.25) is 0 Å². The Kier molecular flexibility index (Phi) is 1.71. The van der Waals surface area contributed by atoms with Gasteiger partial charge in [-0.15, -0.1) is 0 Å². The van der Waals surface area contributed by atoms with Gasteiger partial charge in [0.2, 0.25) is 0 Å². The molecule has 5 nitrogen and oxygen atoms in total. The van der Waals surface area contributed by atoms with Gasteiger partial charge in [0.05, 0.1) is 24.0 Å². The standard InChI is InChI=1S/C12H14O5/c13-6-2-4-3-1-5(7(4)10(6)14)9-8(3)11(15)17-12(9)16/h3-10,13-14H,1-2H2. The molecule has 2 bridgehead atoms. The third-order valence-electron chi connectivity index (χ3n) is 5.44. The average molecular weight is 238 g/mol. The number of aliphatic hydroxyl groups is 2. The number of hydrogen-bond acceptors (Lipinski definition) is 5. The van der Waals surface area contributed by atoms with Crippen molar-refractivity contribution >= 4 is 11.9 Å². The average Bonchev–Trinajstić information content (AvgIpc) is 2.94. The molecule has 0 aromatic heterocycles. The van der Waals surface area contributed by atoms with Crippen molar-refractivity contribution in [3.8, 4) is 0 Å². The highest BCUT2D eigenvalue weighted by Gasteiger charge is 2.69. The lowest BCUT2D eigenvalue weighted by Crippen LogP contribution is -2.38. The van der Waals surface area contributed by atoms with Crippen LogP contribution in [-0.4, -0.2) is 34.4 Å². The first-order valence-electron chi connectivity index (χ1n) is 6.21. The Morgan fingerprint density at radius 2 is 1.59 bits per heavy atom. The minimum atomic E-state index is -0.737. The third-order valence-corrected chi connectivity index (χ3v) is 5.44. The van der Waals surface area contributed by atoms with Crippen LogP contribution < -0.4 is 0 Å². The molecule has 3 saturated carbocycles. The van der Waals surface area contributed by atoms with E-state index in [0.717, 1.165) is 6.42 Å². The summed E-state index contributed by atoms with van der Waals surface area (Å²) in [5.74, 6) is -1.14. The molecule has 0 aromatic carbocycles. The van der Waals surface area contributed by atoms with Crippen LogP contribution in [0.5, 0.6) is 0 Å². The fourth-order valence-electron chi connectivity index (χ4n) is 4.97. The zero-order chi connectivity index (χ0) is 11.9. The summed E-state index contributed by atoms with van der Waals surface area (Å²) in [7, 11) is 0. The monoisotopic (exact) mass is 238 g/mol. The summed E-state index contributed by atoms with van der Waals surface area (Å²) < 4.78 is 4.71. The normalized spacial score (nSPS) is 59.4. The molecule has 17 heavy (non-hydrogen) atoms. The number of aliphatic hydroxyl groups excluding tert-OH is 2. The quantitative estimate of drug-likeness (QED) is 0.431. The Morgan fingerprint density at radius 1 is 0.941 bits per heavy atom. The smallest absolute Gasteiger partial charge is 0.317 e. The number of hydrogen-bond donors (Lipinski definition) is 2. The van der Waals surface area contributed by atoms with Crippen LogP contribution in [0.15, 0.2) is 0 Å². The summed E-state index contributed by atoms with van der Waals surface area (Å²) in [4.78, 5) is 23.3. The zero-order valence-corrected chi connectivity index (χ0v) is 9.15. The number of cyclic esters (lactones) is 2. The summed E-state index contributed by atoms with van der Waals surface area (Å²) >= 11 is 0. The van der Waals surface area contributed by atoms with Crippen molar-refractivity contribution < 1.29 is 24.5 Å². The fraction of sp³-hybridized carbons (Fsp3) is 0.833. The molecule has 0 radical (unpaired) electrons. The van der Waals surface area contributed by atoms with E-state index in [9.17, 15) is 19.8 Å². The Bertz CT molecular complexity index is 419. The largest absolute Gasteiger partial charge is 0.393 e. The molecule has 0 spiro atoms. The fourth-order valence-corrected chi connectivity index (χ4v) is 4.97. The highest BCUT2D eigenvalue weighted by Crippen LogP contribution is 2.65. The van der Waals surface area contributed by atoms with Crippen molar-refractivity contribution in [3.05, 3.63) is 0 Å². The molecule has 2 N–H and O–H groups in total. The molecule has 4 rings (SSSR count). The van der Waals surface area contributed by atoms with E-state index in [1.54, 1.807) is 0 Å². The highest BCUT2D eigenvalue weighted by atomic mass is 16.6. The second kappa shape index (κ2) is 2.90. The van der Waals surface area contributed by atoms with Gasteiger partial charge in [0.1, 0.15) is 0 Å². The van der Waals surface area contributed by atoms with E-state index in [2.05, 4.69) is 0 Å². The van der Waals surface area contributed by atoms with E-state index in [1.165, 1.54) is 0 Å². The number of carbonyl (C=O) groups excluding carboxylic acids is 2. The van der Waals surface area contributed by atoms with E-state index in [1.807, 2.05) is 0 Å². The van der Waals surface area contributed by atoms with E-state index in [-0.39, 0.29) is 41.5 Å². The maximum Gasteiger partial charge on any atom is 0.317 e. The van der Waals surface area contributed by atoms with Crippen LogP contribution in [0.1, 0.15) is 12.8 Å². The van der Waals surface area contributed by atoms with Gasteiger partial charge in [-0.05, 0) is 36.5 Å². The minimum absolute atomic E-state index is 0.0188. The summed E-state index contributed by atoms with van der Waals surface area (Å²) in [5, 5.41) is 19.7. The maximum atomic E-state index is 11.6. The topological polar surface area (TPSA) is 83.8 Å². The molecule has 8 unspecified atom stereocenters. The van der Waals surface area contributed by atoms with E-state index < -0.39 is 18.2 Å². The third kappa shape index (κ3) is 0.985. The summed E-state index contributed by atoms with van der Waals surface area (Å²) in [6, 6.07) is 0. The van der Waals surface area contributed by atoms with Crippen LogP contribution in [0.3, 0.4) is 0 Å². The van der Waals surface area contributed by atoms with Crippen molar-refractivity contribution in [2.24, 2.45) is 35.5 Å². The molecular weight excluding hydrogens is 224 g/mol. The Balaban J connectivity index is 1.75. The SMILES string of the molecule is O=C1OC(=O)C2C3CC(C4CC(O)C(O)C43)C12. The van der Waals surface area contributed by atoms with Crippen molar-refractivity contribution in [3.63, 3.8) is 0 Å². The Morgan fingerprint density at radius 3 is 2.29 bits per heavy atom. The Hall–Kier alpha value is -0.940. The van der Waals surface area contributed by atoms with Crippen molar-refractivity contribution in [1.82, 2.24) is 0 Å². The molecule has 8 atom stereocenters. The van der Waals surface area contributed by atoms with Gasteiger partial charge in [0.25, 0.3) is 0 Å². The van der Waals surface area contributed by atoms with Crippen molar-refractivity contribution in [2.75, 3.05) is 0 Å². The molecule has 4 fully saturated rings. The molecule has 0 amide bonds. The van der Waals surface area contributed by atoms with Crippen LogP contribution in [-0.2, 0) is 14.3 Å². The van der Waals surface area contributed by atoms with Gasteiger partial charge in [-0.25, -0.2) is 0 Å². The van der Waals surface area contributed by atoms with E-state index in [0.29, 0.717) is 6.42 Å². The van der Waals surface area contributed by atoms with Crippen molar-refractivity contribution in [1.29, 1.82) is 0 Å². The number of fused-ring (bicyclic) bond motifs is 8. The molecule has 3 aliphatic carbocycles. The van der Waals surface area contributed by atoms with Gasteiger partial charge in [0.15, 0.2) is 0 Å². The van der Waals surface area contributed by atoms with Crippen molar-refractivity contribution in [2.45, 2.75) is 25.0 Å². The summed E-state index contributed by atoms with van der Waals surface area (Å²) in [5.41, 5.74) is 0. The predicted octanol–water partition coefficient (Wildman–Crippen LogP) is -0.690. The maximum absolute atomic E-state index is 11.6. The molecule has 4 aliphatic rings. The first kappa shape index (κ1) is 10.0.